The largest absolute Gasteiger partial charge is 0.469 e. The van der Waals surface area contributed by atoms with Crippen LogP contribution in [0.15, 0.2) is 16.6 Å². The van der Waals surface area contributed by atoms with Gasteiger partial charge in [-0.1, -0.05) is 0 Å². The molecule has 7 heteroatoms. The molecule has 0 saturated carbocycles. The molecule has 0 amide bonds. The lowest BCUT2D eigenvalue weighted by atomic mass is 10.1. The standard InChI is InChI=1S/C14H14BrFN2O3/c1-20-12(19)6-10-8-18(4-5-21-10)11-3-2-9(7-17)13(15)14(11)16/h2-3,10H,4-6,8H2,1H3. The molecule has 1 aromatic rings. The number of nitrogens with zero attached hydrogens (tertiary/aromatic N) is 2. The van der Waals surface area contributed by atoms with Crippen LogP contribution in [0.25, 0.3) is 0 Å². The van der Waals surface area contributed by atoms with E-state index in [-0.39, 0.29) is 28.5 Å². The van der Waals surface area contributed by atoms with Crippen LogP contribution in [0.5, 0.6) is 0 Å². The number of esters is 1. The van der Waals surface area contributed by atoms with Crippen molar-refractivity contribution in [2.75, 3.05) is 31.7 Å². The molecule has 1 saturated heterocycles. The summed E-state index contributed by atoms with van der Waals surface area (Å²) in [5.74, 6) is -0.837. The van der Waals surface area contributed by atoms with Gasteiger partial charge in [0.2, 0.25) is 0 Å². The second kappa shape index (κ2) is 6.87. The van der Waals surface area contributed by atoms with Gasteiger partial charge in [-0.2, -0.15) is 5.26 Å². The number of hydrogen-bond acceptors (Lipinski definition) is 5. The Labute approximate surface area is 130 Å². The zero-order valence-corrected chi connectivity index (χ0v) is 13.0. The first-order valence-corrected chi connectivity index (χ1v) is 7.17. The number of carbonyl (C=O) groups excluding carboxylic acids is 1. The molecule has 1 heterocycles. The van der Waals surface area contributed by atoms with Crippen molar-refractivity contribution in [3.8, 4) is 6.07 Å². The van der Waals surface area contributed by atoms with Crippen molar-refractivity contribution in [2.45, 2.75) is 12.5 Å². The van der Waals surface area contributed by atoms with Crippen molar-refractivity contribution >= 4 is 27.6 Å². The number of anilines is 1. The number of ether oxygens (including phenoxy) is 2. The van der Waals surface area contributed by atoms with Gasteiger partial charge in [-0.25, -0.2) is 4.39 Å². The molecule has 2 rings (SSSR count). The number of nitriles is 1. The Bertz CT molecular complexity index is 588. The molecule has 1 aliphatic rings. The van der Waals surface area contributed by atoms with E-state index >= 15 is 0 Å². The molecule has 0 bridgehead atoms. The van der Waals surface area contributed by atoms with Crippen molar-refractivity contribution < 1.29 is 18.7 Å². The van der Waals surface area contributed by atoms with Crippen LogP contribution >= 0.6 is 15.9 Å². The summed E-state index contributed by atoms with van der Waals surface area (Å²) < 4.78 is 24.6. The molecule has 0 radical (unpaired) electrons. The van der Waals surface area contributed by atoms with E-state index in [0.717, 1.165) is 0 Å². The van der Waals surface area contributed by atoms with Gasteiger partial charge < -0.3 is 14.4 Å². The van der Waals surface area contributed by atoms with Gasteiger partial charge in [0.05, 0.1) is 42.0 Å². The summed E-state index contributed by atoms with van der Waals surface area (Å²) >= 11 is 3.09. The van der Waals surface area contributed by atoms with E-state index in [4.69, 9.17) is 10.00 Å². The van der Waals surface area contributed by atoms with Crippen LogP contribution in [-0.4, -0.2) is 38.9 Å². The van der Waals surface area contributed by atoms with Crippen molar-refractivity contribution in [3.63, 3.8) is 0 Å². The summed E-state index contributed by atoms with van der Waals surface area (Å²) in [6.45, 7) is 1.32. The van der Waals surface area contributed by atoms with Crippen LogP contribution in [0.1, 0.15) is 12.0 Å². The van der Waals surface area contributed by atoms with E-state index in [9.17, 15) is 9.18 Å². The summed E-state index contributed by atoms with van der Waals surface area (Å²) in [6, 6.07) is 5.05. The topological polar surface area (TPSA) is 62.6 Å². The smallest absolute Gasteiger partial charge is 0.308 e. The summed E-state index contributed by atoms with van der Waals surface area (Å²) in [6.07, 6.45) is -0.202. The number of morpholine rings is 1. The van der Waals surface area contributed by atoms with E-state index in [1.165, 1.54) is 7.11 Å². The average Bonchev–Trinajstić information content (AvgIpc) is 2.50. The van der Waals surface area contributed by atoms with Crippen LogP contribution in [0.2, 0.25) is 0 Å². The highest BCUT2D eigenvalue weighted by molar-refractivity contribution is 9.10. The molecule has 1 fully saturated rings. The predicted molar refractivity (Wildman–Crippen MR) is 77.4 cm³/mol. The number of rotatable bonds is 3. The van der Waals surface area contributed by atoms with Gasteiger partial charge in [0.25, 0.3) is 0 Å². The second-order valence-corrected chi connectivity index (χ2v) is 5.38. The summed E-state index contributed by atoms with van der Waals surface area (Å²) in [5.41, 5.74) is 0.634. The SMILES string of the molecule is COC(=O)CC1CN(c2ccc(C#N)c(Br)c2F)CCO1. The fraction of sp³-hybridized carbons (Fsp3) is 0.429. The Morgan fingerprint density at radius 1 is 1.67 bits per heavy atom. The first-order chi connectivity index (χ1) is 10.1. The van der Waals surface area contributed by atoms with Crippen LogP contribution < -0.4 is 4.90 Å². The molecule has 21 heavy (non-hydrogen) atoms. The molecule has 1 aliphatic heterocycles. The van der Waals surface area contributed by atoms with Crippen LogP contribution in [0, 0.1) is 17.1 Å². The minimum Gasteiger partial charge on any atom is -0.469 e. The molecule has 0 aromatic heterocycles. The number of halogens is 2. The zero-order valence-electron chi connectivity index (χ0n) is 11.4. The lowest BCUT2D eigenvalue weighted by molar-refractivity contribution is -0.144. The molecule has 5 nitrogen and oxygen atoms in total. The van der Waals surface area contributed by atoms with Gasteiger partial charge in [0, 0.05) is 13.1 Å². The molecule has 1 unspecified atom stereocenters. The third kappa shape index (κ3) is 3.52. The van der Waals surface area contributed by atoms with Crippen LogP contribution in [0.3, 0.4) is 0 Å². The third-order valence-corrected chi connectivity index (χ3v) is 4.06. The van der Waals surface area contributed by atoms with Gasteiger partial charge in [0.15, 0.2) is 5.82 Å². The fourth-order valence-corrected chi connectivity index (χ4v) is 2.62. The predicted octanol–water partition coefficient (Wildman–Crippen LogP) is 2.23. The number of carbonyl (C=O) groups is 1. The highest BCUT2D eigenvalue weighted by Crippen LogP contribution is 2.30. The van der Waals surface area contributed by atoms with Crippen LogP contribution in [0.4, 0.5) is 10.1 Å². The van der Waals surface area contributed by atoms with Crippen LogP contribution in [-0.2, 0) is 14.3 Å². The Hall–Kier alpha value is -1.65. The Morgan fingerprint density at radius 2 is 2.43 bits per heavy atom. The maximum atomic E-state index is 14.3. The van der Waals surface area contributed by atoms with E-state index in [1.54, 1.807) is 17.0 Å². The zero-order chi connectivity index (χ0) is 15.4. The quantitative estimate of drug-likeness (QED) is 0.777. The van der Waals surface area contributed by atoms with Crippen molar-refractivity contribution in [3.05, 3.63) is 28.0 Å². The maximum Gasteiger partial charge on any atom is 0.308 e. The van der Waals surface area contributed by atoms with E-state index in [1.807, 2.05) is 6.07 Å². The van der Waals surface area contributed by atoms with Gasteiger partial charge in [-0.3, -0.25) is 4.79 Å². The normalized spacial score (nSPS) is 18.2. The molecule has 0 N–H and O–H groups in total. The third-order valence-electron chi connectivity index (χ3n) is 3.28. The molecular weight excluding hydrogens is 343 g/mol. The molecule has 0 spiro atoms. The van der Waals surface area contributed by atoms with Gasteiger partial charge in [-0.05, 0) is 28.1 Å². The molecule has 112 valence electrons. The highest BCUT2D eigenvalue weighted by Gasteiger charge is 2.26. The fourth-order valence-electron chi connectivity index (χ4n) is 2.20. The Morgan fingerprint density at radius 3 is 3.10 bits per heavy atom. The van der Waals surface area contributed by atoms with E-state index < -0.39 is 5.82 Å². The minimum atomic E-state index is -0.479. The number of hydrogen-bond donors (Lipinski definition) is 0. The van der Waals surface area contributed by atoms with Crippen molar-refractivity contribution in [1.29, 1.82) is 5.26 Å². The summed E-state index contributed by atoms with van der Waals surface area (Å²) in [5, 5.41) is 8.88. The first kappa shape index (κ1) is 15.7. The molecule has 0 aliphatic carbocycles. The first-order valence-electron chi connectivity index (χ1n) is 6.38. The van der Waals surface area contributed by atoms with Gasteiger partial charge in [0.1, 0.15) is 6.07 Å². The monoisotopic (exact) mass is 356 g/mol. The lowest BCUT2D eigenvalue weighted by Crippen LogP contribution is -2.43. The van der Waals surface area contributed by atoms with Gasteiger partial charge in [-0.15, -0.1) is 0 Å². The maximum absolute atomic E-state index is 14.3. The average molecular weight is 357 g/mol. The molecule has 1 atom stereocenters. The summed E-state index contributed by atoms with van der Waals surface area (Å²) in [4.78, 5) is 13.1. The number of benzene rings is 1. The summed E-state index contributed by atoms with van der Waals surface area (Å²) in [7, 11) is 1.32. The van der Waals surface area contributed by atoms with Gasteiger partial charge >= 0.3 is 5.97 Å². The lowest BCUT2D eigenvalue weighted by Gasteiger charge is -2.34. The van der Waals surface area contributed by atoms with E-state index in [0.29, 0.717) is 25.4 Å². The van der Waals surface area contributed by atoms with Crippen molar-refractivity contribution in [1.82, 2.24) is 0 Å². The second-order valence-electron chi connectivity index (χ2n) is 4.59. The molecule has 1 aromatic carbocycles. The highest BCUT2D eigenvalue weighted by atomic mass is 79.9. The minimum absolute atomic E-state index is 0.131. The van der Waals surface area contributed by atoms with Crippen molar-refractivity contribution in [2.24, 2.45) is 0 Å². The number of methoxy groups -OCH3 is 1. The van der Waals surface area contributed by atoms with E-state index in [2.05, 4.69) is 20.7 Å². The Kier molecular flexibility index (Phi) is 5.15. The Balaban J connectivity index is 2.17. The molecular formula is C14H14BrFN2O3.